The molecule has 2 amide bonds. The van der Waals surface area contributed by atoms with Crippen LogP contribution in [0, 0.1) is 5.92 Å². The van der Waals surface area contributed by atoms with E-state index >= 15 is 0 Å². The Balaban J connectivity index is 1.51. The lowest BCUT2D eigenvalue weighted by Crippen LogP contribution is -2.36. The summed E-state index contributed by atoms with van der Waals surface area (Å²) in [6.45, 7) is 2.37. The highest BCUT2D eigenvalue weighted by Gasteiger charge is 2.31. The Morgan fingerprint density at radius 3 is 2.53 bits per heavy atom. The van der Waals surface area contributed by atoms with Gasteiger partial charge in [0.2, 0.25) is 5.91 Å². The summed E-state index contributed by atoms with van der Waals surface area (Å²) in [4.78, 5) is 30.1. The third kappa shape index (κ3) is 4.10. The minimum Gasteiger partial charge on any atom is -0.488 e. The van der Waals surface area contributed by atoms with E-state index in [0.29, 0.717) is 36.1 Å². The van der Waals surface area contributed by atoms with Gasteiger partial charge >= 0.3 is 0 Å². The molecule has 0 bridgehead atoms. The molecule has 2 aromatic rings. The van der Waals surface area contributed by atoms with Gasteiger partial charge in [0.1, 0.15) is 23.2 Å². The summed E-state index contributed by atoms with van der Waals surface area (Å²) in [5, 5.41) is 0. The molecule has 0 spiro atoms. The molecule has 2 heterocycles. The van der Waals surface area contributed by atoms with Gasteiger partial charge in [-0.1, -0.05) is 12.1 Å². The Labute approximate surface area is 176 Å². The Kier molecular flexibility index (Phi) is 5.61. The van der Waals surface area contributed by atoms with Gasteiger partial charge in [-0.2, -0.15) is 0 Å². The molecule has 1 aliphatic heterocycles. The zero-order valence-electron chi connectivity index (χ0n) is 17.2. The van der Waals surface area contributed by atoms with Crippen LogP contribution in [0.1, 0.15) is 60.9 Å². The lowest BCUT2D eigenvalue weighted by molar-refractivity contribution is -0.119. The third-order valence-corrected chi connectivity index (χ3v) is 6.18. The van der Waals surface area contributed by atoms with Gasteiger partial charge < -0.3 is 21.1 Å². The molecule has 4 N–H and O–H groups in total. The van der Waals surface area contributed by atoms with Crippen LogP contribution in [0.3, 0.4) is 0 Å². The number of hydrogen-bond acceptors (Lipinski definition) is 5. The summed E-state index contributed by atoms with van der Waals surface area (Å²) < 4.78 is 5.90. The van der Waals surface area contributed by atoms with Crippen molar-refractivity contribution >= 4 is 23.3 Å². The summed E-state index contributed by atoms with van der Waals surface area (Å²) in [6.07, 6.45) is 6.03. The van der Waals surface area contributed by atoms with E-state index in [0.717, 1.165) is 31.4 Å². The molecule has 1 aromatic carbocycles. The third-order valence-electron chi connectivity index (χ3n) is 6.18. The topological polar surface area (TPSA) is 112 Å². The molecule has 1 aliphatic carbocycles. The van der Waals surface area contributed by atoms with Gasteiger partial charge in [-0.15, -0.1) is 0 Å². The number of nitrogen functional groups attached to an aromatic ring is 1. The van der Waals surface area contributed by atoms with E-state index in [-0.39, 0.29) is 23.7 Å². The molecule has 0 radical (unpaired) electrons. The number of nitrogens with two attached hydrogens (primary N) is 2. The van der Waals surface area contributed by atoms with Crippen LogP contribution < -0.4 is 21.1 Å². The van der Waals surface area contributed by atoms with E-state index in [1.54, 1.807) is 17.2 Å². The molecule has 7 heteroatoms. The normalized spacial score (nSPS) is 24.0. The highest BCUT2D eigenvalue weighted by atomic mass is 16.5. The number of aromatic nitrogens is 1. The summed E-state index contributed by atoms with van der Waals surface area (Å²) in [6, 6.07) is 9.87. The van der Waals surface area contributed by atoms with Crippen molar-refractivity contribution in [3.63, 3.8) is 0 Å². The molecule has 30 heavy (non-hydrogen) atoms. The molecular weight excluding hydrogens is 380 g/mol. The number of rotatable bonds is 4. The molecular formula is C23H28N4O3. The van der Waals surface area contributed by atoms with Crippen molar-refractivity contribution in [1.82, 2.24) is 4.98 Å². The summed E-state index contributed by atoms with van der Waals surface area (Å²) in [7, 11) is 0. The Hall–Kier alpha value is -3.09. The number of anilines is 2. The first-order valence-corrected chi connectivity index (χ1v) is 10.5. The van der Waals surface area contributed by atoms with Crippen molar-refractivity contribution in [3.05, 3.63) is 47.7 Å². The monoisotopic (exact) mass is 408 g/mol. The average Bonchev–Trinajstić information content (AvgIpc) is 2.85. The van der Waals surface area contributed by atoms with Gasteiger partial charge in [-0.3, -0.25) is 9.59 Å². The molecule has 1 atom stereocenters. The van der Waals surface area contributed by atoms with Crippen molar-refractivity contribution in [1.29, 1.82) is 0 Å². The predicted molar refractivity (Wildman–Crippen MR) is 115 cm³/mol. The van der Waals surface area contributed by atoms with Crippen LogP contribution in [-0.2, 0) is 4.79 Å². The zero-order chi connectivity index (χ0) is 21.3. The Morgan fingerprint density at radius 1 is 1.17 bits per heavy atom. The predicted octanol–water partition coefficient (Wildman–Crippen LogP) is 3.24. The van der Waals surface area contributed by atoms with Crippen LogP contribution in [0.2, 0.25) is 0 Å². The van der Waals surface area contributed by atoms with E-state index in [1.165, 1.54) is 5.56 Å². The smallest absolute Gasteiger partial charge is 0.265 e. The van der Waals surface area contributed by atoms with Gasteiger partial charge in [0.25, 0.3) is 5.91 Å². The van der Waals surface area contributed by atoms with Crippen molar-refractivity contribution in [2.45, 2.75) is 51.0 Å². The summed E-state index contributed by atoms with van der Waals surface area (Å²) in [5.41, 5.74) is 13.7. The molecule has 0 saturated heterocycles. The minimum absolute atomic E-state index is 0.169. The first kappa shape index (κ1) is 20.2. The first-order valence-electron chi connectivity index (χ1n) is 10.5. The molecule has 1 aromatic heterocycles. The fourth-order valence-electron chi connectivity index (χ4n) is 4.64. The number of pyridine rings is 1. The van der Waals surface area contributed by atoms with Gasteiger partial charge in [-0.05, 0) is 68.2 Å². The molecule has 1 saturated carbocycles. The van der Waals surface area contributed by atoms with Crippen LogP contribution in [0.4, 0.5) is 11.5 Å². The molecule has 1 fully saturated rings. The Bertz CT molecular complexity index is 936. The molecule has 2 aliphatic rings. The van der Waals surface area contributed by atoms with Crippen molar-refractivity contribution in [2.75, 3.05) is 17.2 Å². The number of benzene rings is 1. The second-order valence-electron chi connectivity index (χ2n) is 8.39. The second-order valence-corrected chi connectivity index (χ2v) is 8.39. The standard InChI is InChI=1S/C23H28N4O3/c1-14-13-27(23(29)21-19(30-14)10-11-26-22(21)25)18-8-6-17(7-9-18)16-4-2-15(3-5-16)12-20(24)28/h6-11,14-16H,2-5,12-13H2,1H3,(H2,24,28)(H2,25,26)/t14-,15?,16?/m1/s1. The number of primary amides is 1. The van der Waals surface area contributed by atoms with Crippen LogP contribution in [0.15, 0.2) is 36.5 Å². The van der Waals surface area contributed by atoms with E-state index in [9.17, 15) is 9.59 Å². The van der Waals surface area contributed by atoms with Crippen LogP contribution in [0.5, 0.6) is 5.75 Å². The number of amides is 2. The fourth-order valence-corrected chi connectivity index (χ4v) is 4.64. The zero-order valence-corrected chi connectivity index (χ0v) is 17.2. The maximum absolute atomic E-state index is 13.2. The lowest BCUT2D eigenvalue weighted by atomic mass is 9.77. The highest BCUT2D eigenvalue weighted by molar-refractivity contribution is 6.11. The SMILES string of the molecule is C[C@@H]1CN(c2ccc(C3CCC(CC(N)=O)CC3)cc2)C(=O)c2c(ccnc2N)O1. The summed E-state index contributed by atoms with van der Waals surface area (Å²) >= 11 is 0. The largest absolute Gasteiger partial charge is 0.488 e. The molecule has 7 nitrogen and oxygen atoms in total. The molecule has 4 rings (SSSR count). The van der Waals surface area contributed by atoms with Crippen LogP contribution in [-0.4, -0.2) is 29.4 Å². The molecule has 0 unspecified atom stereocenters. The number of carbonyl (C=O) groups excluding carboxylic acids is 2. The van der Waals surface area contributed by atoms with Crippen molar-refractivity contribution in [2.24, 2.45) is 11.7 Å². The number of ether oxygens (including phenoxy) is 1. The number of nitrogens with zero attached hydrogens (tertiary/aromatic N) is 2. The Morgan fingerprint density at radius 2 is 1.87 bits per heavy atom. The number of hydrogen-bond donors (Lipinski definition) is 2. The maximum Gasteiger partial charge on any atom is 0.265 e. The van der Waals surface area contributed by atoms with Crippen molar-refractivity contribution in [3.8, 4) is 5.75 Å². The number of carbonyl (C=O) groups is 2. The van der Waals surface area contributed by atoms with Gasteiger partial charge in [0.05, 0.1) is 6.54 Å². The highest BCUT2D eigenvalue weighted by Crippen LogP contribution is 2.38. The van der Waals surface area contributed by atoms with Gasteiger partial charge in [0, 0.05) is 18.3 Å². The maximum atomic E-state index is 13.2. The van der Waals surface area contributed by atoms with E-state index in [1.807, 2.05) is 19.1 Å². The number of fused-ring (bicyclic) bond motifs is 1. The van der Waals surface area contributed by atoms with Crippen LogP contribution >= 0.6 is 0 Å². The van der Waals surface area contributed by atoms with E-state index < -0.39 is 0 Å². The minimum atomic E-state index is -0.208. The lowest BCUT2D eigenvalue weighted by Gasteiger charge is -2.29. The first-order chi connectivity index (χ1) is 14.4. The van der Waals surface area contributed by atoms with E-state index in [2.05, 4.69) is 17.1 Å². The fraction of sp³-hybridized carbons (Fsp3) is 0.435. The van der Waals surface area contributed by atoms with Crippen molar-refractivity contribution < 1.29 is 14.3 Å². The molecule has 158 valence electrons. The second kappa shape index (κ2) is 8.34. The van der Waals surface area contributed by atoms with Crippen LogP contribution in [0.25, 0.3) is 0 Å². The van der Waals surface area contributed by atoms with E-state index in [4.69, 9.17) is 16.2 Å². The average molecular weight is 409 g/mol. The van der Waals surface area contributed by atoms with Gasteiger partial charge in [0.15, 0.2) is 0 Å². The van der Waals surface area contributed by atoms with Gasteiger partial charge in [-0.25, -0.2) is 4.98 Å². The summed E-state index contributed by atoms with van der Waals surface area (Å²) in [5.74, 6) is 1.15. The quantitative estimate of drug-likeness (QED) is 0.807.